The van der Waals surface area contributed by atoms with Crippen molar-refractivity contribution in [2.24, 2.45) is 11.8 Å². The van der Waals surface area contributed by atoms with Crippen molar-refractivity contribution in [3.63, 3.8) is 0 Å². The second-order valence-corrected chi connectivity index (χ2v) is 8.98. The molecule has 0 unspecified atom stereocenters. The molecule has 0 aliphatic carbocycles. The zero-order chi connectivity index (χ0) is 24.4. The molecule has 6 nitrogen and oxygen atoms in total. The van der Waals surface area contributed by atoms with Crippen LogP contribution in [0.25, 0.3) is 0 Å². The van der Waals surface area contributed by atoms with Gasteiger partial charge in [-0.3, -0.25) is 14.6 Å². The maximum atomic E-state index is 12.5. The molecule has 180 valence electrons. The number of pyridine rings is 1. The Morgan fingerprint density at radius 1 is 1.24 bits per heavy atom. The maximum Gasteiger partial charge on any atom is 0.309 e. The van der Waals surface area contributed by atoms with Gasteiger partial charge in [-0.1, -0.05) is 51.1 Å². The predicted molar refractivity (Wildman–Crippen MR) is 128 cm³/mol. The molecule has 6 heteroatoms. The van der Waals surface area contributed by atoms with E-state index >= 15 is 0 Å². The third-order valence-electron chi connectivity index (χ3n) is 5.92. The zero-order valence-corrected chi connectivity index (χ0v) is 20.3. The van der Waals surface area contributed by atoms with Gasteiger partial charge in [-0.2, -0.15) is 0 Å². The summed E-state index contributed by atoms with van der Waals surface area (Å²) in [6, 6.07) is 5.84. The van der Waals surface area contributed by atoms with E-state index in [2.05, 4.69) is 11.9 Å². The summed E-state index contributed by atoms with van der Waals surface area (Å²) in [6.07, 6.45) is 10.9. The van der Waals surface area contributed by atoms with Gasteiger partial charge in [-0.15, -0.1) is 0 Å². The Balaban J connectivity index is 2.24. The lowest BCUT2D eigenvalue weighted by Crippen LogP contribution is -2.30. The molecule has 0 saturated heterocycles. The van der Waals surface area contributed by atoms with Crippen molar-refractivity contribution >= 4 is 11.9 Å². The number of rotatable bonds is 5. The topological polar surface area (TPSA) is 85.7 Å². The highest BCUT2D eigenvalue weighted by Gasteiger charge is 2.26. The summed E-state index contributed by atoms with van der Waals surface area (Å²) in [6.45, 7) is 9.33. The first-order valence-corrected chi connectivity index (χ1v) is 11.7. The number of aromatic nitrogens is 1. The molecule has 0 radical (unpaired) electrons. The summed E-state index contributed by atoms with van der Waals surface area (Å²) >= 11 is 0. The van der Waals surface area contributed by atoms with Crippen LogP contribution in [0.4, 0.5) is 0 Å². The Labute approximate surface area is 197 Å². The number of carbonyl (C=O) groups excluding carboxylic acids is 2. The minimum absolute atomic E-state index is 0.0218. The Bertz CT molecular complexity index is 861. The third-order valence-corrected chi connectivity index (χ3v) is 5.92. The fourth-order valence-electron chi connectivity index (χ4n) is 3.85. The van der Waals surface area contributed by atoms with E-state index in [1.54, 1.807) is 6.20 Å². The number of carbonyl (C=O) groups is 2. The Kier molecular flexibility index (Phi) is 10.5. The minimum atomic E-state index is -0.791. The van der Waals surface area contributed by atoms with Gasteiger partial charge in [-0.05, 0) is 49.5 Å². The van der Waals surface area contributed by atoms with Crippen molar-refractivity contribution in [3.8, 4) is 0 Å². The number of nitrogens with zero attached hydrogens (tertiary/aromatic N) is 1. The van der Waals surface area contributed by atoms with Crippen molar-refractivity contribution in [3.05, 3.63) is 66.0 Å². The Morgan fingerprint density at radius 2 is 2.00 bits per heavy atom. The molecule has 1 N–H and O–H groups in total. The Morgan fingerprint density at radius 3 is 2.67 bits per heavy atom. The molecule has 0 bridgehead atoms. The van der Waals surface area contributed by atoms with Gasteiger partial charge in [-0.25, -0.2) is 0 Å². The lowest BCUT2D eigenvalue weighted by Gasteiger charge is -2.27. The van der Waals surface area contributed by atoms with E-state index in [4.69, 9.17) is 9.47 Å². The van der Waals surface area contributed by atoms with Crippen molar-refractivity contribution in [1.82, 2.24) is 4.98 Å². The maximum absolute atomic E-state index is 12.5. The average Bonchev–Trinajstić information content (AvgIpc) is 2.77. The summed E-state index contributed by atoms with van der Waals surface area (Å²) in [5.41, 5.74) is 1.86. The van der Waals surface area contributed by atoms with Gasteiger partial charge < -0.3 is 14.6 Å². The van der Waals surface area contributed by atoms with Crippen LogP contribution in [0, 0.1) is 11.8 Å². The van der Waals surface area contributed by atoms with Crippen LogP contribution >= 0.6 is 0 Å². The van der Waals surface area contributed by atoms with Gasteiger partial charge in [0.05, 0.1) is 12.5 Å². The molecule has 0 aromatic carbocycles. The fraction of sp³-hybridized carbons (Fsp3) is 0.519. The number of hydrogen-bond acceptors (Lipinski definition) is 6. The van der Waals surface area contributed by atoms with Crippen LogP contribution in [0.3, 0.4) is 0 Å². The van der Waals surface area contributed by atoms with E-state index in [0.29, 0.717) is 12.8 Å². The molecule has 1 aliphatic heterocycles. The van der Waals surface area contributed by atoms with Gasteiger partial charge in [0, 0.05) is 30.7 Å². The van der Waals surface area contributed by atoms with Crippen molar-refractivity contribution < 1.29 is 24.2 Å². The number of cyclic esters (lactones) is 1. The third kappa shape index (κ3) is 8.97. The van der Waals surface area contributed by atoms with Crippen LogP contribution in [-0.4, -0.2) is 40.3 Å². The van der Waals surface area contributed by atoms with E-state index in [9.17, 15) is 14.7 Å². The van der Waals surface area contributed by atoms with Crippen LogP contribution in [0.1, 0.15) is 65.5 Å². The van der Waals surface area contributed by atoms with Crippen LogP contribution in [-0.2, 0) is 19.1 Å². The average molecular weight is 456 g/mol. The molecular weight excluding hydrogens is 418 g/mol. The summed E-state index contributed by atoms with van der Waals surface area (Å²) in [4.78, 5) is 28.5. The van der Waals surface area contributed by atoms with E-state index in [1.807, 2.05) is 69.4 Å². The van der Waals surface area contributed by atoms with Crippen LogP contribution in [0.15, 0.2) is 60.3 Å². The number of ether oxygens (including phenoxy) is 2. The van der Waals surface area contributed by atoms with Gasteiger partial charge in [0.15, 0.2) is 0 Å². The van der Waals surface area contributed by atoms with E-state index < -0.39 is 24.3 Å². The van der Waals surface area contributed by atoms with Crippen LogP contribution in [0.5, 0.6) is 0 Å². The first-order chi connectivity index (χ1) is 15.7. The summed E-state index contributed by atoms with van der Waals surface area (Å²) in [5.74, 6) is -0.742. The number of aliphatic hydroxyl groups excluding tert-OH is 1. The van der Waals surface area contributed by atoms with Gasteiger partial charge in [0.1, 0.15) is 12.2 Å². The summed E-state index contributed by atoms with van der Waals surface area (Å²) < 4.78 is 11.3. The quantitative estimate of drug-likeness (QED) is 0.386. The standard InChI is InChI=1S/C27H37NO5/c1-18(24-11-6-7-16-28-24)9-8-10-20(3)27-21(4)13-15-25(32-22(5)29)19(2)12-14-23(30)17-26(31)33-27/h6-11,13,15-16,18-19,21,23,25,27,30H,12,14,17H2,1-5H3/b9-8+,15-13+,20-10+/t18-,19+,21-,23-,25-,27+/m0/s1. The monoisotopic (exact) mass is 455 g/mol. The summed E-state index contributed by atoms with van der Waals surface area (Å²) in [5, 5.41) is 10.3. The van der Waals surface area contributed by atoms with Crippen molar-refractivity contribution in [2.45, 2.75) is 78.1 Å². The van der Waals surface area contributed by atoms with E-state index in [-0.39, 0.29) is 30.1 Å². The second-order valence-electron chi connectivity index (χ2n) is 8.98. The molecule has 0 saturated carbocycles. The van der Waals surface area contributed by atoms with Crippen molar-refractivity contribution in [1.29, 1.82) is 0 Å². The molecule has 1 aromatic heterocycles. The molecule has 6 atom stereocenters. The number of allylic oxidation sites excluding steroid dienone is 3. The highest BCUT2D eigenvalue weighted by atomic mass is 16.5. The van der Waals surface area contributed by atoms with Gasteiger partial charge in [0.2, 0.25) is 0 Å². The molecule has 2 rings (SSSR count). The molecule has 33 heavy (non-hydrogen) atoms. The van der Waals surface area contributed by atoms with Crippen LogP contribution in [0.2, 0.25) is 0 Å². The molecule has 2 heterocycles. The Hall–Kier alpha value is -2.73. The van der Waals surface area contributed by atoms with Gasteiger partial charge in [0.25, 0.3) is 0 Å². The minimum Gasteiger partial charge on any atom is -0.458 e. The van der Waals surface area contributed by atoms with Crippen LogP contribution < -0.4 is 0 Å². The normalized spacial score (nSPS) is 29.5. The molecule has 0 spiro atoms. The SMILES string of the molecule is CC(=O)O[C@H]1/C=C/[C@H](C)[C@@H](/C(C)=C/C=C/[C@H](C)c2ccccn2)OC(=O)C[C@@H](O)CC[C@H]1C. The molecule has 0 amide bonds. The first-order valence-electron chi connectivity index (χ1n) is 11.7. The van der Waals surface area contributed by atoms with Gasteiger partial charge >= 0.3 is 11.9 Å². The molecular formula is C27H37NO5. The molecule has 0 fully saturated rings. The number of aliphatic hydroxyl groups is 1. The number of esters is 2. The van der Waals surface area contributed by atoms with Crippen molar-refractivity contribution in [2.75, 3.05) is 0 Å². The lowest BCUT2D eigenvalue weighted by molar-refractivity contribution is -0.151. The largest absolute Gasteiger partial charge is 0.458 e. The molecule has 1 aliphatic rings. The summed E-state index contributed by atoms with van der Waals surface area (Å²) in [7, 11) is 0. The fourth-order valence-corrected chi connectivity index (χ4v) is 3.85. The lowest BCUT2D eigenvalue weighted by atomic mass is 9.92. The smallest absolute Gasteiger partial charge is 0.309 e. The van der Waals surface area contributed by atoms with E-state index in [0.717, 1.165) is 11.3 Å². The zero-order valence-electron chi connectivity index (χ0n) is 20.3. The highest BCUT2D eigenvalue weighted by molar-refractivity contribution is 5.70. The predicted octanol–water partition coefficient (Wildman–Crippen LogP) is 4.90. The first kappa shape index (κ1) is 26.5. The second kappa shape index (κ2) is 13.1. The van der Waals surface area contributed by atoms with E-state index in [1.165, 1.54) is 6.92 Å². The number of hydrogen-bond donors (Lipinski definition) is 1. The highest BCUT2D eigenvalue weighted by Crippen LogP contribution is 2.24. The molecule has 1 aromatic rings.